The van der Waals surface area contributed by atoms with E-state index in [2.05, 4.69) is 9.71 Å². The number of imide groups is 1. The lowest BCUT2D eigenvalue weighted by Gasteiger charge is -2.24. The molecule has 26 heavy (non-hydrogen) atoms. The molecular formula is C17H19N3O4S2. The van der Waals surface area contributed by atoms with Gasteiger partial charge in [-0.15, -0.1) is 11.3 Å². The Balaban J connectivity index is 1.62. The molecule has 0 bridgehead atoms. The van der Waals surface area contributed by atoms with Crippen LogP contribution in [-0.2, 0) is 19.6 Å². The van der Waals surface area contributed by atoms with Crippen LogP contribution in [0.1, 0.15) is 24.3 Å². The van der Waals surface area contributed by atoms with Crippen molar-refractivity contribution in [3.63, 3.8) is 0 Å². The highest BCUT2D eigenvalue weighted by Gasteiger charge is 2.27. The molecule has 138 valence electrons. The van der Waals surface area contributed by atoms with E-state index in [0.717, 1.165) is 21.2 Å². The number of carbonyl (C=O) groups is 2. The van der Waals surface area contributed by atoms with E-state index in [4.69, 9.17) is 0 Å². The SMILES string of the molecule is Cc1nc(-c2ccc(NS(=O)(=O)CCN3C(=O)CCCC3=O)cc2)cs1. The van der Waals surface area contributed by atoms with Gasteiger partial charge in [0, 0.05) is 36.0 Å². The van der Waals surface area contributed by atoms with Crippen molar-refractivity contribution in [2.24, 2.45) is 0 Å². The molecule has 2 aromatic rings. The van der Waals surface area contributed by atoms with Gasteiger partial charge in [0.1, 0.15) is 0 Å². The minimum atomic E-state index is -3.66. The molecule has 1 saturated heterocycles. The van der Waals surface area contributed by atoms with E-state index in [-0.39, 0.29) is 37.0 Å². The number of rotatable bonds is 6. The molecule has 1 fully saturated rings. The third kappa shape index (κ3) is 4.47. The zero-order chi connectivity index (χ0) is 18.7. The van der Waals surface area contributed by atoms with Crippen LogP contribution in [0, 0.1) is 6.92 Å². The monoisotopic (exact) mass is 393 g/mol. The van der Waals surface area contributed by atoms with Crippen molar-refractivity contribution in [1.82, 2.24) is 9.88 Å². The van der Waals surface area contributed by atoms with Crippen LogP contribution in [-0.4, -0.2) is 42.4 Å². The molecule has 0 spiro atoms. The first-order valence-electron chi connectivity index (χ1n) is 8.20. The van der Waals surface area contributed by atoms with E-state index in [0.29, 0.717) is 12.1 Å². The first-order valence-corrected chi connectivity index (χ1v) is 10.7. The Morgan fingerprint density at radius 1 is 1.15 bits per heavy atom. The molecular weight excluding hydrogens is 374 g/mol. The minimum Gasteiger partial charge on any atom is -0.284 e. The number of carbonyl (C=O) groups excluding carboxylic acids is 2. The van der Waals surface area contributed by atoms with Crippen molar-refractivity contribution in [2.45, 2.75) is 26.2 Å². The topological polar surface area (TPSA) is 96.4 Å². The van der Waals surface area contributed by atoms with Crippen molar-refractivity contribution in [3.8, 4) is 11.3 Å². The minimum absolute atomic E-state index is 0.122. The molecule has 9 heteroatoms. The van der Waals surface area contributed by atoms with Crippen LogP contribution >= 0.6 is 11.3 Å². The summed E-state index contributed by atoms with van der Waals surface area (Å²) in [5.41, 5.74) is 2.18. The fourth-order valence-corrected chi connectivity index (χ4v) is 4.34. The maximum atomic E-state index is 12.2. The number of hydrogen-bond donors (Lipinski definition) is 1. The summed E-state index contributed by atoms with van der Waals surface area (Å²) in [6, 6.07) is 6.92. The zero-order valence-corrected chi connectivity index (χ0v) is 15.9. The first-order chi connectivity index (χ1) is 12.3. The number of aromatic nitrogens is 1. The number of nitrogens with one attached hydrogen (secondary N) is 1. The summed E-state index contributed by atoms with van der Waals surface area (Å²) in [6.07, 6.45) is 1.11. The molecule has 0 saturated carbocycles. The number of sulfonamides is 1. The predicted molar refractivity (Wildman–Crippen MR) is 100 cm³/mol. The van der Waals surface area contributed by atoms with Gasteiger partial charge >= 0.3 is 0 Å². The van der Waals surface area contributed by atoms with Gasteiger partial charge in [0.25, 0.3) is 0 Å². The van der Waals surface area contributed by atoms with Crippen LogP contribution < -0.4 is 4.72 Å². The summed E-state index contributed by atoms with van der Waals surface area (Å²) in [6.45, 7) is 1.80. The van der Waals surface area contributed by atoms with Crippen molar-refractivity contribution in [1.29, 1.82) is 0 Å². The number of piperidine rings is 1. The number of hydrogen-bond acceptors (Lipinski definition) is 6. The quantitative estimate of drug-likeness (QED) is 0.760. The third-order valence-corrected chi connectivity index (χ3v) is 6.08. The Morgan fingerprint density at radius 2 is 1.81 bits per heavy atom. The summed E-state index contributed by atoms with van der Waals surface area (Å²) >= 11 is 1.55. The molecule has 1 aromatic heterocycles. The lowest BCUT2D eigenvalue weighted by molar-refractivity contribution is -0.147. The van der Waals surface area contributed by atoms with Crippen molar-refractivity contribution in [2.75, 3.05) is 17.0 Å². The Morgan fingerprint density at radius 3 is 2.38 bits per heavy atom. The molecule has 1 aliphatic rings. The van der Waals surface area contributed by atoms with Gasteiger partial charge in [-0.25, -0.2) is 13.4 Å². The molecule has 0 unspecified atom stereocenters. The lowest BCUT2D eigenvalue weighted by Crippen LogP contribution is -2.43. The molecule has 2 heterocycles. The highest BCUT2D eigenvalue weighted by molar-refractivity contribution is 7.92. The van der Waals surface area contributed by atoms with Gasteiger partial charge in [-0.2, -0.15) is 0 Å². The third-order valence-electron chi connectivity index (χ3n) is 4.04. The Hall–Kier alpha value is -2.26. The van der Waals surface area contributed by atoms with Crippen molar-refractivity contribution < 1.29 is 18.0 Å². The van der Waals surface area contributed by atoms with Gasteiger partial charge in [0.2, 0.25) is 21.8 Å². The van der Waals surface area contributed by atoms with Crippen LogP contribution in [0.4, 0.5) is 5.69 Å². The number of thiazole rings is 1. The Labute approximate surface area is 156 Å². The van der Waals surface area contributed by atoms with Crippen LogP contribution in [0.15, 0.2) is 29.6 Å². The van der Waals surface area contributed by atoms with Crippen molar-refractivity contribution in [3.05, 3.63) is 34.7 Å². The van der Waals surface area contributed by atoms with E-state index >= 15 is 0 Å². The number of aryl methyl sites for hydroxylation is 1. The summed E-state index contributed by atoms with van der Waals surface area (Å²) < 4.78 is 27.0. The molecule has 1 aromatic carbocycles. The fraction of sp³-hybridized carbons (Fsp3) is 0.353. The largest absolute Gasteiger partial charge is 0.284 e. The Bertz CT molecular complexity index is 904. The first kappa shape index (κ1) is 18.5. The number of amides is 2. The highest BCUT2D eigenvalue weighted by atomic mass is 32.2. The predicted octanol–water partition coefficient (Wildman–Crippen LogP) is 2.40. The van der Waals surface area contributed by atoms with E-state index in [1.807, 2.05) is 12.3 Å². The average Bonchev–Trinajstić information content (AvgIpc) is 3.01. The van der Waals surface area contributed by atoms with Gasteiger partial charge in [-0.1, -0.05) is 12.1 Å². The second-order valence-corrected chi connectivity index (χ2v) is 8.95. The highest BCUT2D eigenvalue weighted by Crippen LogP contribution is 2.23. The Kier molecular flexibility index (Phi) is 5.38. The van der Waals surface area contributed by atoms with Crippen LogP contribution in [0.25, 0.3) is 11.3 Å². The summed E-state index contributed by atoms with van der Waals surface area (Å²) in [5, 5.41) is 2.91. The maximum Gasteiger partial charge on any atom is 0.234 e. The molecule has 7 nitrogen and oxygen atoms in total. The normalized spacial score (nSPS) is 15.3. The summed E-state index contributed by atoms with van der Waals surface area (Å²) in [5.74, 6) is -0.934. The van der Waals surface area contributed by atoms with Crippen LogP contribution in [0.2, 0.25) is 0 Å². The van der Waals surface area contributed by atoms with Crippen molar-refractivity contribution >= 4 is 38.9 Å². The van der Waals surface area contributed by atoms with E-state index in [1.165, 1.54) is 0 Å². The number of likely N-dealkylation sites (tertiary alicyclic amines) is 1. The zero-order valence-electron chi connectivity index (χ0n) is 14.3. The number of nitrogens with zero attached hydrogens (tertiary/aromatic N) is 2. The molecule has 3 rings (SSSR count). The number of anilines is 1. The molecule has 1 N–H and O–H groups in total. The van der Waals surface area contributed by atoms with Crippen LogP contribution in [0.5, 0.6) is 0 Å². The van der Waals surface area contributed by atoms with Crippen LogP contribution in [0.3, 0.4) is 0 Å². The molecule has 1 aliphatic heterocycles. The summed E-state index contributed by atoms with van der Waals surface area (Å²) in [4.78, 5) is 28.9. The smallest absolute Gasteiger partial charge is 0.234 e. The maximum absolute atomic E-state index is 12.2. The van der Waals surface area contributed by atoms with Gasteiger partial charge in [0.05, 0.1) is 16.5 Å². The van der Waals surface area contributed by atoms with E-state index in [9.17, 15) is 18.0 Å². The van der Waals surface area contributed by atoms with Gasteiger partial charge < -0.3 is 0 Å². The van der Waals surface area contributed by atoms with E-state index in [1.54, 1.807) is 35.6 Å². The van der Waals surface area contributed by atoms with Gasteiger partial charge in [-0.05, 0) is 25.5 Å². The molecule has 0 atom stereocenters. The summed E-state index contributed by atoms with van der Waals surface area (Å²) in [7, 11) is -3.66. The standard InChI is InChI=1S/C17H19N3O4S2/c1-12-18-15(11-25-12)13-5-7-14(8-6-13)19-26(23,24)10-9-20-16(21)3-2-4-17(20)22/h5-8,11,19H,2-4,9-10H2,1H3. The van der Waals surface area contributed by atoms with Gasteiger partial charge in [-0.3, -0.25) is 19.2 Å². The molecule has 2 amide bonds. The molecule has 0 radical (unpaired) electrons. The average molecular weight is 393 g/mol. The van der Waals surface area contributed by atoms with E-state index < -0.39 is 10.0 Å². The van der Waals surface area contributed by atoms with Gasteiger partial charge in [0.15, 0.2) is 0 Å². The fourth-order valence-electron chi connectivity index (χ4n) is 2.70. The number of benzene rings is 1. The molecule has 0 aliphatic carbocycles. The second-order valence-electron chi connectivity index (χ2n) is 6.04. The lowest BCUT2D eigenvalue weighted by atomic mass is 10.1. The second kappa shape index (κ2) is 7.55.